The third-order valence-electron chi connectivity index (χ3n) is 3.84. The van der Waals surface area contributed by atoms with E-state index in [9.17, 15) is 0 Å². The summed E-state index contributed by atoms with van der Waals surface area (Å²) >= 11 is 0. The molecule has 1 aliphatic rings. The Morgan fingerprint density at radius 3 is 2.29 bits per heavy atom. The predicted molar refractivity (Wildman–Crippen MR) is 83.0 cm³/mol. The molecule has 102 valence electrons. The van der Waals surface area contributed by atoms with Crippen LogP contribution in [0.3, 0.4) is 0 Å². The van der Waals surface area contributed by atoms with Gasteiger partial charge >= 0.3 is 0 Å². The van der Waals surface area contributed by atoms with Crippen LogP contribution in [0, 0.1) is 5.41 Å². The second kappa shape index (κ2) is 6.22. The van der Waals surface area contributed by atoms with Crippen LogP contribution >= 0.6 is 24.0 Å². The number of likely N-dealkylation sites (tertiary alicyclic amines) is 1. The SMILES string of the molecule is CCNC(=NCCO)N1CC(C)(C)C1(C)C.I. The molecule has 1 fully saturated rings. The number of nitrogens with zero attached hydrogens (tertiary/aromatic N) is 2. The highest BCUT2D eigenvalue weighted by molar-refractivity contribution is 14.0. The van der Waals surface area contributed by atoms with E-state index >= 15 is 0 Å². The molecule has 17 heavy (non-hydrogen) atoms. The van der Waals surface area contributed by atoms with Gasteiger partial charge in [-0.15, -0.1) is 24.0 Å². The van der Waals surface area contributed by atoms with E-state index < -0.39 is 0 Å². The average Bonchev–Trinajstić information content (AvgIpc) is 2.21. The van der Waals surface area contributed by atoms with Crippen molar-refractivity contribution in [3.63, 3.8) is 0 Å². The second-order valence-corrected chi connectivity index (χ2v) is 5.49. The number of hydrogen-bond acceptors (Lipinski definition) is 2. The molecule has 0 aromatic carbocycles. The Labute approximate surface area is 122 Å². The molecule has 0 aromatic rings. The Hall–Kier alpha value is -0.0400. The third-order valence-corrected chi connectivity index (χ3v) is 3.84. The molecule has 0 aliphatic carbocycles. The molecular formula is C12H26IN3O. The lowest BCUT2D eigenvalue weighted by atomic mass is 9.65. The average molecular weight is 355 g/mol. The normalized spacial score (nSPS) is 21.5. The predicted octanol–water partition coefficient (Wildman–Crippen LogP) is 1.68. The number of halogens is 1. The van der Waals surface area contributed by atoms with Crippen molar-refractivity contribution in [3.8, 4) is 0 Å². The highest BCUT2D eigenvalue weighted by Gasteiger charge is 2.53. The Balaban J connectivity index is 0.00000256. The largest absolute Gasteiger partial charge is 0.394 e. The minimum absolute atomic E-state index is 0. The van der Waals surface area contributed by atoms with Gasteiger partial charge in [0.25, 0.3) is 0 Å². The molecule has 1 aliphatic heterocycles. The molecule has 0 amide bonds. The van der Waals surface area contributed by atoms with Crippen LogP contribution in [-0.4, -0.2) is 47.7 Å². The Kier molecular flexibility index (Phi) is 6.21. The summed E-state index contributed by atoms with van der Waals surface area (Å²) in [6.07, 6.45) is 0. The highest BCUT2D eigenvalue weighted by Crippen LogP contribution is 2.46. The number of aliphatic imine (C=N–C) groups is 1. The van der Waals surface area contributed by atoms with E-state index in [1.165, 1.54) is 0 Å². The molecule has 0 atom stereocenters. The first kappa shape index (κ1) is 17.0. The van der Waals surface area contributed by atoms with Gasteiger partial charge in [-0.2, -0.15) is 0 Å². The summed E-state index contributed by atoms with van der Waals surface area (Å²) in [4.78, 5) is 6.68. The first-order valence-corrected chi connectivity index (χ1v) is 6.03. The fraction of sp³-hybridized carbons (Fsp3) is 0.917. The zero-order chi connectivity index (χ0) is 12.4. The minimum Gasteiger partial charge on any atom is -0.394 e. The minimum atomic E-state index is 0. The van der Waals surface area contributed by atoms with Crippen LogP contribution in [0.5, 0.6) is 0 Å². The molecule has 0 saturated carbocycles. The fourth-order valence-electron chi connectivity index (χ4n) is 1.95. The summed E-state index contributed by atoms with van der Waals surface area (Å²) < 4.78 is 0. The topological polar surface area (TPSA) is 47.9 Å². The summed E-state index contributed by atoms with van der Waals surface area (Å²) in [6.45, 7) is 13.5. The molecule has 1 saturated heterocycles. The van der Waals surface area contributed by atoms with Gasteiger partial charge in [0, 0.05) is 24.0 Å². The zero-order valence-electron chi connectivity index (χ0n) is 11.6. The van der Waals surface area contributed by atoms with E-state index in [-0.39, 0.29) is 36.1 Å². The van der Waals surface area contributed by atoms with Gasteiger partial charge in [-0.3, -0.25) is 4.99 Å². The fourth-order valence-corrected chi connectivity index (χ4v) is 1.95. The Morgan fingerprint density at radius 1 is 1.35 bits per heavy atom. The van der Waals surface area contributed by atoms with Crippen LogP contribution in [0.4, 0.5) is 0 Å². The molecule has 0 bridgehead atoms. The molecule has 0 spiro atoms. The van der Waals surface area contributed by atoms with Crippen molar-refractivity contribution in [2.45, 2.75) is 40.2 Å². The Morgan fingerprint density at radius 2 is 1.94 bits per heavy atom. The van der Waals surface area contributed by atoms with E-state index in [0.717, 1.165) is 19.0 Å². The van der Waals surface area contributed by atoms with Crippen LogP contribution in [0.15, 0.2) is 4.99 Å². The molecule has 1 heterocycles. The second-order valence-electron chi connectivity index (χ2n) is 5.49. The van der Waals surface area contributed by atoms with Crippen molar-refractivity contribution < 1.29 is 5.11 Å². The summed E-state index contributed by atoms with van der Waals surface area (Å²) in [6, 6.07) is 0. The van der Waals surface area contributed by atoms with Crippen LogP contribution in [0.2, 0.25) is 0 Å². The van der Waals surface area contributed by atoms with Gasteiger partial charge in [-0.05, 0) is 20.8 Å². The molecule has 0 unspecified atom stereocenters. The smallest absolute Gasteiger partial charge is 0.194 e. The molecule has 5 heteroatoms. The van der Waals surface area contributed by atoms with Crippen molar-refractivity contribution in [3.05, 3.63) is 0 Å². The number of aliphatic hydroxyl groups is 1. The number of guanidine groups is 1. The summed E-state index contributed by atoms with van der Waals surface area (Å²) in [5.41, 5.74) is 0.422. The summed E-state index contributed by atoms with van der Waals surface area (Å²) in [5.74, 6) is 0.917. The van der Waals surface area contributed by atoms with Gasteiger partial charge in [-0.1, -0.05) is 13.8 Å². The third kappa shape index (κ3) is 3.24. The highest BCUT2D eigenvalue weighted by atomic mass is 127. The molecular weight excluding hydrogens is 329 g/mol. The maximum absolute atomic E-state index is 8.84. The number of aliphatic hydroxyl groups excluding tert-OH is 1. The Bertz CT molecular complexity index is 277. The van der Waals surface area contributed by atoms with Gasteiger partial charge in [0.15, 0.2) is 5.96 Å². The van der Waals surface area contributed by atoms with Crippen LogP contribution in [0.25, 0.3) is 0 Å². The van der Waals surface area contributed by atoms with E-state index in [4.69, 9.17) is 5.11 Å². The first-order chi connectivity index (χ1) is 7.36. The monoisotopic (exact) mass is 355 g/mol. The number of rotatable bonds is 3. The van der Waals surface area contributed by atoms with Gasteiger partial charge in [0.1, 0.15) is 0 Å². The standard InChI is InChI=1S/C12H25N3O.HI/c1-6-13-10(14-7-8-16)15-9-11(2,3)12(15,4)5;/h16H,6-9H2,1-5H3,(H,13,14);1H. The maximum atomic E-state index is 8.84. The van der Waals surface area contributed by atoms with Crippen LogP contribution < -0.4 is 5.32 Å². The van der Waals surface area contributed by atoms with Gasteiger partial charge in [0.2, 0.25) is 0 Å². The number of hydrogen-bond donors (Lipinski definition) is 2. The first-order valence-electron chi connectivity index (χ1n) is 6.03. The molecule has 1 rings (SSSR count). The van der Waals surface area contributed by atoms with Gasteiger partial charge < -0.3 is 15.3 Å². The summed E-state index contributed by atoms with van der Waals surface area (Å²) in [5, 5.41) is 12.1. The molecule has 0 radical (unpaired) electrons. The molecule has 2 N–H and O–H groups in total. The van der Waals surface area contributed by atoms with Gasteiger partial charge in [-0.25, -0.2) is 0 Å². The van der Waals surface area contributed by atoms with Crippen LogP contribution in [-0.2, 0) is 0 Å². The van der Waals surface area contributed by atoms with E-state index in [1.54, 1.807) is 0 Å². The van der Waals surface area contributed by atoms with E-state index in [2.05, 4.69) is 49.8 Å². The van der Waals surface area contributed by atoms with E-state index in [1.807, 2.05) is 0 Å². The van der Waals surface area contributed by atoms with Gasteiger partial charge in [0.05, 0.1) is 13.2 Å². The van der Waals surface area contributed by atoms with Crippen molar-refractivity contribution in [1.82, 2.24) is 10.2 Å². The van der Waals surface area contributed by atoms with Crippen molar-refractivity contribution in [2.75, 3.05) is 26.2 Å². The van der Waals surface area contributed by atoms with Crippen molar-refractivity contribution >= 4 is 29.9 Å². The molecule has 4 nitrogen and oxygen atoms in total. The van der Waals surface area contributed by atoms with Crippen molar-refractivity contribution in [1.29, 1.82) is 0 Å². The lowest BCUT2D eigenvalue weighted by molar-refractivity contribution is -0.0667. The number of nitrogens with one attached hydrogen (secondary N) is 1. The maximum Gasteiger partial charge on any atom is 0.194 e. The lowest BCUT2D eigenvalue weighted by Gasteiger charge is -2.62. The molecule has 0 aromatic heterocycles. The summed E-state index contributed by atoms with van der Waals surface area (Å²) in [7, 11) is 0. The quantitative estimate of drug-likeness (QED) is 0.460. The van der Waals surface area contributed by atoms with Crippen molar-refractivity contribution in [2.24, 2.45) is 10.4 Å². The van der Waals surface area contributed by atoms with E-state index in [0.29, 0.717) is 12.0 Å². The zero-order valence-corrected chi connectivity index (χ0v) is 13.9. The van der Waals surface area contributed by atoms with Crippen LogP contribution in [0.1, 0.15) is 34.6 Å². The lowest BCUT2D eigenvalue weighted by Crippen LogP contribution is -2.72.